The van der Waals surface area contributed by atoms with Gasteiger partial charge in [0, 0.05) is 40.6 Å². The van der Waals surface area contributed by atoms with Crippen molar-refractivity contribution in [2.45, 2.75) is 50.5 Å². The number of rotatable bonds is 5. The number of halogens is 2. The molecule has 12 nitrogen and oxygen atoms in total. The number of nitrogens with zero attached hydrogens (tertiary/aromatic N) is 6. The van der Waals surface area contributed by atoms with E-state index in [0.717, 1.165) is 0 Å². The molecule has 39 heavy (non-hydrogen) atoms. The van der Waals surface area contributed by atoms with Crippen LogP contribution in [0.2, 0.25) is 0 Å². The van der Waals surface area contributed by atoms with E-state index in [1.165, 1.54) is 29.0 Å². The number of aliphatic hydroxyl groups is 3. The van der Waals surface area contributed by atoms with E-state index in [-0.39, 0.29) is 29.0 Å². The SMILES string of the molecule is CC(C)(N)c1ncc(-c2cc3c4c(nn3cn2)C2CC4c3c(OC(F)F)cccc3C(=O)N2C(O)(O)O)cn1. The lowest BCUT2D eigenvalue weighted by atomic mass is 9.88. The Balaban J connectivity index is 1.56. The fourth-order valence-corrected chi connectivity index (χ4v) is 5.40. The number of fused-ring (bicyclic) bond motifs is 9. The van der Waals surface area contributed by atoms with Gasteiger partial charge in [-0.15, -0.1) is 0 Å². The van der Waals surface area contributed by atoms with Crippen LogP contribution in [-0.2, 0) is 5.54 Å². The summed E-state index contributed by atoms with van der Waals surface area (Å²) >= 11 is 0. The van der Waals surface area contributed by atoms with E-state index in [4.69, 9.17) is 10.5 Å². The maximum atomic E-state index is 13.4. The molecule has 14 heteroatoms. The van der Waals surface area contributed by atoms with Gasteiger partial charge in [-0.25, -0.2) is 19.5 Å². The molecule has 2 atom stereocenters. The third-order valence-electron chi connectivity index (χ3n) is 6.96. The topological polar surface area (TPSA) is 172 Å². The third-order valence-corrected chi connectivity index (χ3v) is 6.96. The third kappa shape index (κ3) is 3.99. The van der Waals surface area contributed by atoms with E-state index >= 15 is 0 Å². The molecular formula is C25H23F2N7O5. The lowest BCUT2D eigenvalue weighted by molar-refractivity contribution is -0.385. The van der Waals surface area contributed by atoms with Gasteiger partial charge in [0.15, 0.2) is 0 Å². The Kier molecular flexibility index (Phi) is 5.45. The molecule has 1 aliphatic carbocycles. The highest BCUT2D eigenvalue weighted by molar-refractivity contribution is 5.98. The van der Waals surface area contributed by atoms with E-state index in [0.29, 0.717) is 33.1 Å². The molecule has 0 fully saturated rings. The van der Waals surface area contributed by atoms with Gasteiger partial charge in [0.25, 0.3) is 5.91 Å². The van der Waals surface area contributed by atoms with Crippen molar-refractivity contribution in [1.29, 1.82) is 0 Å². The molecule has 5 N–H and O–H groups in total. The van der Waals surface area contributed by atoms with Crippen molar-refractivity contribution in [2.75, 3.05) is 0 Å². The maximum absolute atomic E-state index is 13.4. The summed E-state index contributed by atoms with van der Waals surface area (Å²) in [6.45, 7) is 0.386. The molecular weight excluding hydrogens is 516 g/mol. The Morgan fingerprint density at radius 3 is 2.49 bits per heavy atom. The maximum Gasteiger partial charge on any atom is 0.387 e. The van der Waals surface area contributed by atoms with Gasteiger partial charge in [-0.3, -0.25) is 9.69 Å². The number of carbonyl (C=O) groups is 1. The second-order valence-corrected chi connectivity index (χ2v) is 10.1. The van der Waals surface area contributed by atoms with Crippen molar-refractivity contribution in [3.05, 3.63) is 71.2 Å². The number of benzene rings is 1. The quantitative estimate of drug-likeness (QED) is 0.273. The molecule has 4 heterocycles. The first kappa shape index (κ1) is 25.2. The van der Waals surface area contributed by atoms with Crippen molar-refractivity contribution in [3.63, 3.8) is 0 Å². The minimum Gasteiger partial charge on any atom is -0.434 e. The zero-order chi connectivity index (χ0) is 27.9. The summed E-state index contributed by atoms with van der Waals surface area (Å²) in [5.41, 5.74) is 7.72. The lowest BCUT2D eigenvalue weighted by Gasteiger charge is -2.34. The van der Waals surface area contributed by atoms with Crippen LogP contribution >= 0.6 is 0 Å². The van der Waals surface area contributed by atoms with Crippen LogP contribution < -0.4 is 10.5 Å². The lowest BCUT2D eigenvalue weighted by Crippen LogP contribution is -2.53. The fraction of sp³-hybridized carbons (Fsp3) is 0.320. The summed E-state index contributed by atoms with van der Waals surface area (Å²) in [5.74, 6) is -1.49. The van der Waals surface area contributed by atoms with Crippen LogP contribution in [0.5, 0.6) is 5.75 Å². The van der Waals surface area contributed by atoms with Gasteiger partial charge in [-0.1, -0.05) is 6.07 Å². The predicted molar refractivity (Wildman–Crippen MR) is 129 cm³/mol. The number of aromatic nitrogens is 5. The number of carbonyl (C=O) groups excluding carboxylic acids is 1. The van der Waals surface area contributed by atoms with E-state index in [1.807, 2.05) is 0 Å². The molecule has 0 saturated carbocycles. The van der Waals surface area contributed by atoms with E-state index in [9.17, 15) is 28.9 Å². The average molecular weight is 539 g/mol. The number of alkyl halides is 2. The predicted octanol–water partition coefficient (Wildman–Crippen LogP) is 1.60. The molecule has 0 spiro atoms. The van der Waals surface area contributed by atoms with Crippen LogP contribution in [0.15, 0.2) is 43.0 Å². The highest BCUT2D eigenvalue weighted by Gasteiger charge is 2.52. The van der Waals surface area contributed by atoms with Crippen molar-refractivity contribution in [2.24, 2.45) is 5.73 Å². The number of nitrogens with two attached hydrogens (primary N) is 1. The zero-order valence-electron chi connectivity index (χ0n) is 20.7. The second kappa shape index (κ2) is 8.44. The van der Waals surface area contributed by atoms with Crippen LogP contribution in [0.1, 0.15) is 65.2 Å². The summed E-state index contributed by atoms with van der Waals surface area (Å²) in [4.78, 5) is 27.0. The Morgan fingerprint density at radius 2 is 1.85 bits per heavy atom. The smallest absolute Gasteiger partial charge is 0.387 e. The summed E-state index contributed by atoms with van der Waals surface area (Å²) in [6.07, 6.45) is 1.06. The molecule has 202 valence electrons. The summed E-state index contributed by atoms with van der Waals surface area (Å²) < 4.78 is 32.9. The van der Waals surface area contributed by atoms with Crippen LogP contribution in [-0.4, -0.2) is 63.4 Å². The van der Waals surface area contributed by atoms with E-state index in [2.05, 4.69) is 20.1 Å². The minimum absolute atomic E-state index is 0.0288. The van der Waals surface area contributed by atoms with E-state index < -0.39 is 36.1 Å². The molecule has 2 bridgehead atoms. The van der Waals surface area contributed by atoms with Crippen molar-refractivity contribution >= 4 is 11.4 Å². The van der Waals surface area contributed by atoms with Gasteiger partial charge in [0.1, 0.15) is 17.9 Å². The standard InChI is InChI=1S/C25H23F2N7O5/c1-24(2,28)22-29-8-11(9-30-22)14-7-15-19-13-6-16(20(19)32-33(15)10-31-14)34(25(36,37)38)21(35)12-4-3-5-17(18(12)13)39-23(26)27/h3-5,7-10,13,16,23,36-38H,6,28H2,1-2H3. The number of amides is 1. The minimum atomic E-state index is -3.55. The first-order valence-electron chi connectivity index (χ1n) is 11.9. The van der Waals surface area contributed by atoms with Crippen molar-refractivity contribution in [1.82, 2.24) is 29.5 Å². The van der Waals surface area contributed by atoms with Gasteiger partial charge in [-0.2, -0.15) is 13.9 Å². The zero-order valence-corrected chi connectivity index (χ0v) is 20.7. The summed E-state index contributed by atoms with van der Waals surface area (Å²) in [5, 5.41) is 35.0. The average Bonchev–Trinajstić information content (AvgIpc) is 3.35. The second-order valence-electron chi connectivity index (χ2n) is 10.1. The van der Waals surface area contributed by atoms with E-state index in [1.54, 1.807) is 32.3 Å². The molecule has 4 aromatic rings. The van der Waals surface area contributed by atoms with Gasteiger partial charge in [-0.05, 0) is 38.5 Å². The molecule has 2 aliphatic rings. The molecule has 1 amide bonds. The molecule has 3 aromatic heterocycles. The normalized spacial score (nSPS) is 18.9. The van der Waals surface area contributed by atoms with Gasteiger partial charge in [0.2, 0.25) is 0 Å². The summed E-state index contributed by atoms with van der Waals surface area (Å²) in [6, 6.07) is 4.61. The highest BCUT2D eigenvalue weighted by atomic mass is 19.3. The first-order valence-corrected chi connectivity index (χ1v) is 11.9. The van der Waals surface area contributed by atoms with Crippen molar-refractivity contribution in [3.8, 4) is 17.0 Å². The highest BCUT2D eigenvalue weighted by Crippen LogP contribution is 2.54. The summed E-state index contributed by atoms with van der Waals surface area (Å²) in [7, 11) is 0. The molecule has 2 unspecified atom stereocenters. The van der Waals surface area contributed by atoms with Crippen LogP contribution in [0.25, 0.3) is 16.8 Å². The molecule has 1 aliphatic heterocycles. The van der Waals surface area contributed by atoms with Gasteiger partial charge in [0.05, 0.1) is 28.5 Å². The number of ether oxygens (including phenoxy) is 1. The first-order chi connectivity index (χ1) is 18.3. The Hall–Kier alpha value is -4.11. The number of hydrogen-bond donors (Lipinski definition) is 4. The monoisotopic (exact) mass is 539 g/mol. The molecule has 1 aromatic carbocycles. The van der Waals surface area contributed by atoms with Crippen LogP contribution in [0.3, 0.4) is 0 Å². The van der Waals surface area contributed by atoms with Crippen LogP contribution in [0, 0.1) is 0 Å². The number of hydrogen-bond acceptors (Lipinski definition) is 10. The van der Waals surface area contributed by atoms with Crippen LogP contribution in [0.4, 0.5) is 8.78 Å². The Bertz CT molecular complexity index is 1610. The van der Waals surface area contributed by atoms with Gasteiger partial charge >= 0.3 is 12.7 Å². The van der Waals surface area contributed by atoms with Crippen molar-refractivity contribution < 1.29 is 33.6 Å². The fourth-order valence-electron chi connectivity index (χ4n) is 5.40. The molecule has 0 radical (unpaired) electrons. The van der Waals surface area contributed by atoms with Gasteiger partial charge < -0.3 is 25.8 Å². The molecule has 6 rings (SSSR count). The largest absolute Gasteiger partial charge is 0.434 e. The Labute approximate surface area is 219 Å². The molecule has 0 saturated heterocycles. The Morgan fingerprint density at radius 1 is 1.13 bits per heavy atom.